The molecule has 1 fully saturated rings. The van der Waals surface area contributed by atoms with Crippen molar-refractivity contribution in [3.8, 4) is 0 Å². The van der Waals surface area contributed by atoms with Gasteiger partial charge in [-0.2, -0.15) is 0 Å². The maximum Gasteiger partial charge on any atom is 0.269 e. The van der Waals surface area contributed by atoms with Gasteiger partial charge in [0.25, 0.3) is 5.56 Å². The van der Waals surface area contributed by atoms with Gasteiger partial charge in [0.05, 0.1) is 16.8 Å². The molecule has 0 unspecified atom stereocenters. The van der Waals surface area contributed by atoms with Crippen LogP contribution in [0, 0.1) is 0 Å². The van der Waals surface area contributed by atoms with Gasteiger partial charge in [-0.15, -0.1) is 0 Å². The van der Waals surface area contributed by atoms with Gasteiger partial charge in [0.1, 0.15) is 0 Å². The van der Waals surface area contributed by atoms with E-state index < -0.39 is 0 Å². The first-order chi connectivity index (χ1) is 12.6. The fraction of sp³-hybridized carbons (Fsp3) is 0.300. The van der Waals surface area contributed by atoms with Gasteiger partial charge in [0, 0.05) is 37.4 Å². The van der Waals surface area contributed by atoms with Crippen molar-refractivity contribution in [2.75, 3.05) is 31.1 Å². The first kappa shape index (κ1) is 17.0. The van der Waals surface area contributed by atoms with Crippen LogP contribution >= 0.6 is 11.5 Å². The van der Waals surface area contributed by atoms with Crippen molar-refractivity contribution in [2.24, 2.45) is 0 Å². The fourth-order valence-corrected chi connectivity index (χ4v) is 4.38. The van der Waals surface area contributed by atoms with Gasteiger partial charge < -0.3 is 4.90 Å². The predicted octanol–water partition coefficient (Wildman–Crippen LogP) is 3.05. The molecule has 0 radical (unpaired) electrons. The molecule has 0 N–H and O–H groups in total. The van der Waals surface area contributed by atoms with Crippen LogP contribution in [0.25, 0.3) is 10.1 Å². The Bertz CT molecular complexity index is 982. The van der Waals surface area contributed by atoms with E-state index in [1.54, 1.807) is 6.92 Å². The van der Waals surface area contributed by atoms with Crippen LogP contribution in [0.1, 0.15) is 17.3 Å². The van der Waals surface area contributed by atoms with Gasteiger partial charge in [0.15, 0.2) is 5.78 Å². The largest absolute Gasteiger partial charge is 0.369 e. The lowest BCUT2D eigenvalue weighted by atomic mass is 10.1. The zero-order chi connectivity index (χ0) is 18.1. The molecular formula is C20H21N3O2S. The van der Waals surface area contributed by atoms with Crippen LogP contribution in [0.15, 0.2) is 53.3 Å². The first-order valence-electron chi connectivity index (χ1n) is 8.79. The number of hydrogen-bond donors (Lipinski definition) is 0. The average Bonchev–Trinajstić information content (AvgIpc) is 2.98. The molecule has 6 heteroatoms. The van der Waals surface area contributed by atoms with Crippen molar-refractivity contribution in [2.45, 2.75) is 13.6 Å². The van der Waals surface area contributed by atoms with Crippen molar-refractivity contribution >= 4 is 33.1 Å². The number of piperazine rings is 1. The molecule has 0 bridgehead atoms. The van der Waals surface area contributed by atoms with E-state index in [0.29, 0.717) is 6.67 Å². The number of carbonyl (C=O) groups is 1. The smallest absolute Gasteiger partial charge is 0.269 e. The highest BCUT2D eigenvalue weighted by Crippen LogP contribution is 2.19. The molecule has 0 spiro atoms. The lowest BCUT2D eigenvalue weighted by molar-refractivity contribution is 0.101. The van der Waals surface area contributed by atoms with E-state index in [1.165, 1.54) is 11.5 Å². The van der Waals surface area contributed by atoms with Crippen LogP contribution in [0.2, 0.25) is 0 Å². The van der Waals surface area contributed by atoms with Crippen molar-refractivity contribution in [1.29, 1.82) is 0 Å². The van der Waals surface area contributed by atoms with Crippen LogP contribution in [-0.4, -0.2) is 40.8 Å². The molecule has 1 aliphatic heterocycles. The normalized spacial score (nSPS) is 15.5. The predicted molar refractivity (Wildman–Crippen MR) is 106 cm³/mol. The molecule has 3 aromatic rings. The second-order valence-corrected chi connectivity index (χ2v) is 7.68. The number of carbonyl (C=O) groups excluding carboxylic acids is 1. The van der Waals surface area contributed by atoms with Crippen LogP contribution in [0.3, 0.4) is 0 Å². The molecular weight excluding hydrogens is 346 g/mol. The third-order valence-electron chi connectivity index (χ3n) is 4.89. The molecule has 26 heavy (non-hydrogen) atoms. The Morgan fingerprint density at radius 1 is 1.00 bits per heavy atom. The minimum atomic E-state index is 0.0927. The summed E-state index contributed by atoms with van der Waals surface area (Å²) in [7, 11) is 0. The number of fused-ring (bicyclic) bond motifs is 1. The number of aromatic nitrogens is 1. The summed E-state index contributed by atoms with van der Waals surface area (Å²) >= 11 is 1.54. The minimum Gasteiger partial charge on any atom is -0.369 e. The Morgan fingerprint density at radius 2 is 1.69 bits per heavy atom. The number of nitrogens with zero attached hydrogens (tertiary/aromatic N) is 3. The van der Waals surface area contributed by atoms with E-state index >= 15 is 0 Å². The Morgan fingerprint density at radius 3 is 2.35 bits per heavy atom. The Labute approximate surface area is 156 Å². The molecule has 2 heterocycles. The van der Waals surface area contributed by atoms with E-state index in [0.717, 1.165) is 47.5 Å². The van der Waals surface area contributed by atoms with E-state index in [9.17, 15) is 9.59 Å². The summed E-state index contributed by atoms with van der Waals surface area (Å²) in [5, 5.41) is 0.807. The summed E-state index contributed by atoms with van der Waals surface area (Å²) in [4.78, 5) is 28.5. The first-order valence-corrected chi connectivity index (χ1v) is 9.56. The molecule has 0 atom stereocenters. The number of anilines is 1. The van der Waals surface area contributed by atoms with Gasteiger partial charge in [0.2, 0.25) is 0 Å². The summed E-state index contributed by atoms with van der Waals surface area (Å²) in [6, 6.07) is 15.6. The van der Waals surface area contributed by atoms with Crippen molar-refractivity contribution in [1.82, 2.24) is 8.86 Å². The summed E-state index contributed by atoms with van der Waals surface area (Å²) < 4.78 is 2.89. The summed E-state index contributed by atoms with van der Waals surface area (Å²) in [6.45, 7) is 5.89. The minimum absolute atomic E-state index is 0.0927. The lowest BCUT2D eigenvalue weighted by Crippen LogP contribution is -2.47. The monoisotopic (exact) mass is 367 g/mol. The average molecular weight is 367 g/mol. The zero-order valence-corrected chi connectivity index (χ0v) is 15.5. The lowest BCUT2D eigenvalue weighted by Gasteiger charge is -2.35. The summed E-state index contributed by atoms with van der Waals surface area (Å²) in [6.07, 6.45) is 0. The van der Waals surface area contributed by atoms with Gasteiger partial charge >= 0.3 is 0 Å². The highest BCUT2D eigenvalue weighted by atomic mass is 32.1. The quantitative estimate of drug-likeness (QED) is 0.665. The van der Waals surface area contributed by atoms with Gasteiger partial charge in [-0.3, -0.25) is 14.5 Å². The molecule has 1 saturated heterocycles. The van der Waals surface area contributed by atoms with Gasteiger partial charge in [-0.1, -0.05) is 23.7 Å². The molecule has 0 saturated carbocycles. The van der Waals surface area contributed by atoms with E-state index in [2.05, 4.69) is 9.80 Å². The van der Waals surface area contributed by atoms with Crippen LogP contribution < -0.4 is 10.5 Å². The number of Topliss-reactive ketones (excluding diaryl/α,β-unsaturated/α-hetero) is 1. The van der Waals surface area contributed by atoms with Crippen molar-refractivity contribution in [3.63, 3.8) is 0 Å². The van der Waals surface area contributed by atoms with Crippen LogP contribution in [-0.2, 0) is 6.67 Å². The highest BCUT2D eigenvalue weighted by Gasteiger charge is 2.19. The Balaban J connectivity index is 1.41. The van der Waals surface area contributed by atoms with Gasteiger partial charge in [-0.05, 0) is 43.3 Å². The van der Waals surface area contributed by atoms with Crippen molar-refractivity contribution < 1.29 is 4.79 Å². The molecule has 1 aliphatic rings. The van der Waals surface area contributed by atoms with Crippen LogP contribution in [0.4, 0.5) is 5.69 Å². The number of rotatable bonds is 4. The second-order valence-electron chi connectivity index (χ2n) is 6.62. The second kappa shape index (κ2) is 7.05. The fourth-order valence-electron chi connectivity index (χ4n) is 3.35. The van der Waals surface area contributed by atoms with Gasteiger partial charge in [-0.25, -0.2) is 3.96 Å². The standard InChI is InChI=1S/C20H21N3O2S/c1-15(24)16-6-8-17(9-7-16)22-12-10-21(11-13-22)14-23-20(25)18-4-2-3-5-19(18)26-23/h2-9H,10-14H2,1H3. The van der Waals surface area contributed by atoms with Crippen LogP contribution in [0.5, 0.6) is 0 Å². The van der Waals surface area contributed by atoms with E-state index in [-0.39, 0.29) is 11.3 Å². The SMILES string of the molecule is CC(=O)c1ccc(N2CCN(Cn3sc4ccccc4c3=O)CC2)cc1. The molecule has 0 aliphatic carbocycles. The van der Waals surface area contributed by atoms with Crippen molar-refractivity contribution in [3.05, 3.63) is 64.4 Å². The molecule has 1 aromatic heterocycles. The number of hydrogen-bond acceptors (Lipinski definition) is 5. The van der Waals surface area contributed by atoms with E-state index in [4.69, 9.17) is 0 Å². The summed E-state index contributed by atoms with van der Waals surface area (Å²) in [5.74, 6) is 0.0927. The number of ketones is 1. The summed E-state index contributed by atoms with van der Waals surface area (Å²) in [5.41, 5.74) is 2.00. The topological polar surface area (TPSA) is 45.6 Å². The third-order valence-corrected chi connectivity index (χ3v) is 5.95. The maximum atomic E-state index is 12.5. The number of benzene rings is 2. The third kappa shape index (κ3) is 3.30. The molecule has 0 amide bonds. The maximum absolute atomic E-state index is 12.5. The van der Waals surface area contributed by atoms with E-state index in [1.807, 2.05) is 52.5 Å². The molecule has 4 rings (SSSR count). The Hall–Kier alpha value is -2.44. The molecule has 2 aromatic carbocycles. The highest BCUT2D eigenvalue weighted by molar-refractivity contribution is 7.13. The zero-order valence-electron chi connectivity index (χ0n) is 14.7. The Kier molecular flexibility index (Phi) is 4.61. The molecule has 5 nitrogen and oxygen atoms in total. The molecule has 134 valence electrons.